The second-order valence-corrected chi connectivity index (χ2v) is 7.46. The third-order valence-electron chi connectivity index (χ3n) is 5.86. The largest absolute Gasteiger partial charge is 0.343 e. The molecule has 2 amide bonds. The zero-order valence-electron chi connectivity index (χ0n) is 15.5. The molecule has 5 heteroatoms. The molecule has 3 aromatic rings. The molecule has 0 spiro atoms. The van der Waals surface area contributed by atoms with Gasteiger partial charge in [-0.2, -0.15) is 0 Å². The molecule has 0 fully saturated rings. The van der Waals surface area contributed by atoms with Gasteiger partial charge in [0.1, 0.15) is 0 Å². The van der Waals surface area contributed by atoms with E-state index in [9.17, 15) is 9.59 Å². The third kappa shape index (κ3) is 2.43. The van der Waals surface area contributed by atoms with Gasteiger partial charge in [-0.25, -0.2) is 4.90 Å². The quantitative estimate of drug-likeness (QED) is 0.719. The Morgan fingerprint density at radius 1 is 1.00 bits per heavy atom. The average molecular weight is 371 g/mol. The minimum absolute atomic E-state index is 0.259. The highest BCUT2D eigenvalue weighted by Gasteiger charge is 2.38. The van der Waals surface area contributed by atoms with Crippen LogP contribution in [-0.4, -0.2) is 22.9 Å². The lowest BCUT2D eigenvalue weighted by Crippen LogP contribution is -2.33. The molecule has 2 aliphatic heterocycles. The van der Waals surface area contributed by atoms with Gasteiger partial charge >= 0.3 is 0 Å². The number of benzene rings is 2. The number of hydrogen-bond acceptors (Lipinski definition) is 3. The number of aromatic nitrogens is 1. The smallest absolute Gasteiger partial charge is 0.266 e. The SMILES string of the molecule is NCC1CCn2c(c(N3C(=O)C=C(c4ccccc4)C3=O)c3ccccc32)C1. The van der Waals surface area contributed by atoms with Crippen LogP contribution in [-0.2, 0) is 22.6 Å². The fraction of sp³-hybridized carbons (Fsp3) is 0.217. The van der Waals surface area contributed by atoms with Gasteiger partial charge in [-0.3, -0.25) is 9.59 Å². The van der Waals surface area contributed by atoms with Crippen molar-refractivity contribution in [1.29, 1.82) is 0 Å². The first-order valence-electron chi connectivity index (χ1n) is 9.64. The van der Waals surface area contributed by atoms with E-state index in [0.29, 0.717) is 18.0 Å². The Kier molecular flexibility index (Phi) is 3.91. The first kappa shape index (κ1) is 17.0. The van der Waals surface area contributed by atoms with Crippen molar-refractivity contribution in [1.82, 2.24) is 4.57 Å². The highest BCUT2D eigenvalue weighted by atomic mass is 16.2. The summed E-state index contributed by atoms with van der Waals surface area (Å²) >= 11 is 0. The normalized spacial score (nSPS) is 19.2. The van der Waals surface area contributed by atoms with Gasteiger partial charge in [0.25, 0.3) is 11.8 Å². The molecule has 140 valence electrons. The molecule has 0 saturated carbocycles. The summed E-state index contributed by atoms with van der Waals surface area (Å²) in [6.07, 6.45) is 3.25. The van der Waals surface area contributed by atoms with Gasteiger partial charge in [0.05, 0.1) is 16.8 Å². The van der Waals surface area contributed by atoms with Crippen molar-refractivity contribution in [3.05, 3.63) is 71.9 Å². The number of nitrogens with two attached hydrogens (primary N) is 1. The van der Waals surface area contributed by atoms with E-state index >= 15 is 0 Å². The highest BCUT2D eigenvalue weighted by molar-refractivity contribution is 6.44. The van der Waals surface area contributed by atoms with Crippen molar-refractivity contribution >= 4 is 34.0 Å². The maximum absolute atomic E-state index is 13.3. The van der Waals surface area contributed by atoms with Crippen LogP contribution < -0.4 is 10.6 Å². The molecule has 1 atom stereocenters. The average Bonchev–Trinajstić information content (AvgIpc) is 3.21. The lowest BCUT2D eigenvalue weighted by molar-refractivity contribution is -0.119. The first-order chi connectivity index (χ1) is 13.7. The van der Waals surface area contributed by atoms with Crippen LogP contribution in [0, 0.1) is 5.92 Å². The summed E-state index contributed by atoms with van der Waals surface area (Å²) in [5.41, 5.74) is 9.98. The molecule has 0 radical (unpaired) electrons. The van der Waals surface area contributed by atoms with Crippen molar-refractivity contribution in [3.63, 3.8) is 0 Å². The van der Waals surface area contributed by atoms with Gasteiger partial charge in [0.15, 0.2) is 0 Å². The summed E-state index contributed by atoms with van der Waals surface area (Å²) in [7, 11) is 0. The van der Waals surface area contributed by atoms with E-state index < -0.39 is 0 Å². The summed E-state index contributed by atoms with van der Waals surface area (Å²) < 4.78 is 2.25. The van der Waals surface area contributed by atoms with Crippen LogP contribution in [0.3, 0.4) is 0 Å². The highest BCUT2D eigenvalue weighted by Crippen LogP contribution is 2.41. The number of nitrogens with zero attached hydrogens (tertiary/aromatic N) is 2. The van der Waals surface area contributed by atoms with Crippen LogP contribution in [0.25, 0.3) is 16.5 Å². The Labute approximate surface area is 163 Å². The van der Waals surface area contributed by atoms with Crippen molar-refractivity contribution in [2.24, 2.45) is 11.7 Å². The monoisotopic (exact) mass is 371 g/mol. The van der Waals surface area contributed by atoms with Crippen LogP contribution >= 0.6 is 0 Å². The maximum atomic E-state index is 13.3. The Balaban J connectivity index is 1.66. The molecule has 5 rings (SSSR count). The minimum atomic E-state index is -0.280. The molecule has 2 N–H and O–H groups in total. The molecule has 0 saturated heterocycles. The van der Waals surface area contributed by atoms with Crippen molar-refractivity contribution in [2.75, 3.05) is 11.4 Å². The van der Waals surface area contributed by atoms with Crippen molar-refractivity contribution < 1.29 is 9.59 Å². The summed E-state index contributed by atoms with van der Waals surface area (Å²) in [6.45, 7) is 1.46. The Hall–Kier alpha value is -3.18. The summed E-state index contributed by atoms with van der Waals surface area (Å²) in [5, 5.41) is 0.944. The molecular weight excluding hydrogens is 350 g/mol. The number of fused-ring (bicyclic) bond motifs is 3. The van der Waals surface area contributed by atoms with Gasteiger partial charge in [-0.05, 0) is 36.9 Å². The van der Waals surface area contributed by atoms with Crippen LogP contribution in [0.2, 0.25) is 0 Å². The maximum Gasteiger partial charge on any atom is 0.266 e. The number of aryl methyl sites for hydroxylation is 1. The third-order valence-corrected chi connectivity index (χ3v) is 5.86. The number of carbonyl (C=O) groups excluding carboxylic acids is 2. The molecule has 5 nitrogen and oxygen atoms in total. The Morgan fingerprint density at radius 2 is 1.75 bits per heavy atom. The van der Waals surface area contributed by atoms with E-state index in [-0.39, 0.29) is 11.8 Å². The van der Waals surface area contributed by atoms with E-state index in [1.165, 1.54) is 11.0 Å². The molecule has 0 aliphatic carbocycles. The topological polar surface area (TPSA) is 68.3 Å². The van der Waals surface area contributed by atoms with Gasteiger partial charge in [-0.1, -0.05) is 48.5 Å². The lowest BCUT2D eigenvalue weighted by atomic mass is 9.95. The molecule has 28 heavy (non-hydrogen) atoms. The first-order valence-corrected chi connectivity index (χ1v) is 9.64. The zero-order valence-corrected chi connectivity index (χ0v) is 15.5. The van der Waals surface area contributed by atoms with Crippen LogP contribution in [0.5, 0.6) is 0 Å². The Morgan fingerprint density at radius 3 is 2.54 bits per heavy atom. The summed E-state index contributed by atoms with van der Waals surface area (Å²) in [5.74, 6) is -0.173. The number of rotatable bonds is 3. The van der Waals surface area contributed by atoms with Crippen molar-refractivity contribution in [3.8, 4) is 0 Å². The lowest BCUT2D eigenvalue weighted by Gasteiger charge is -2.26. The van der Waals surface area contributed by atoms with E-state index in [1.807, 2.05) is 48.5 Å². The number of hydrogen-bond donors (Lipinski definition) is 1. The number of anilines is 1. The number of imide groups is 1. The molecule has 3 heterocycles. The van der Waals surface area contributed by atoms with E-state index in [1.54, 1.807) is 0 Å². The Bertz CT molecular complexity index is 1130. The van der Waals surface area contributed by atoms with Crippen LogP contribution in [0.15, 0.2) is 60.7 Å². The zero-order chi connectivity index (χ0) is 19.3. The number of amides is 2. The van der Waals surface area contributed by atoms with Crippen molar-refractivity contribution in [2.45, 2.75) is 19.4 Å². The number of para-hydroxylation sites is 1. The fourth-order valence-electron chi connectivity index (χ4n) is 4.44. The van der Waals surface area contributed by atoms with Gasteiger partial charge in [0, 0.05) is 23.7 Å². The number of carbonyl (C=O) groups is 2. The second-order valence-electron chi connectivity index (χ2n) is 7.46. The van der Waals surface area contributed by atoms with Crippen LogP contribution in [0.1, 0.15) is 17.7 Å². The second kappa shape index (κ2) is 6.46. The minimum Gasteiger partial charge on any atom is -0.343 e. The summed E-state index contributed by atoms with van der Waals surface area (Å²) in [6, 6.07) is 17.4. The standard InChI is InChI=1S/C23H21N3O2/c24-14-15-10-11-25-19-9-5-4-8-17(19)22(20(25)12-15)26-21(27)13-18(23(26)28)16-6-2-1-3-7-16/h1-9,13,15H,10-12,14,24H2. The predicted octanol–water partition coefficient (Wildman–Crippen LogP) is 3.12. The van der Waals surface area contributed by atoms with E-state index in [0.717, 1.165) is 47.2 Å². The molecule has 0 bridgehead atoms. The molecule has 1 aromatic heterocycles. The fourth-order valence-corrected chi connectivity index (χ4v) is 4.44. The van der Waals surface area contributed by atoms with Gasteiger partial charge < -0.3 is 10.3 Å². The van der Waals surface area contributed by atoms with Gasteiger partial charge in [-0.15, -0.1) is 0 Å². The molecule has 2 aliphatic rings. The van der Waals surface area contributed by atoms with E-state index in [2.05, 4.69) is 10.6 Å². The molecule has 2 aromatic carbocycles. The van der Waals surface area contributed by atoms with E-state index in [4.69, 9.17) is 5.73 Å². The molecule has 1 unspecified atom stereocenters. The summed E-state index contributed by atoms with van der Waals surface area (Å²) in [4.78, 5) is 27.6. The van der Waals surface area contributed by atoms with Crippen LogP contribution in [0.4, 0.5) is 5.69 Å². The molecular formula is C23H21N3O2. The predicted molar refractivity (Wildman–Crippen MR) is 110 cm³/mol. The van der Waals surface area contributed by atoms with Gasteiger partial charge in [0.2, 0.25) is 0 Å².